The molecule has 0 unspecified atom stereocenters. The van der Waals surface area contributed by atoms with E-state index in [-0.39, 0.29) is 0 Å². The Balaban J connectivity index is 1.24. The van der Waals surface area contributed by atoms with Gasteiger partial charge in [0.05, 0.1) is 0 Å². The lowest BCUT2D eigenvalue weighted by Gasteiger charge is -2.10. The minimum atomic E-state index is 0.616. The van der Waals surface area contributed by atoms with E-state index in [1.807, 2.05) is 24.3 Å². The van der Waals surface area contributed by atoms with Gasteiger partial charge in [0, 0.05) is 32.8 Å². The van der Waals surface area contributed by atoms with E-state index in [2.05, 4.69) is 127 Å². The van der Waals surface area contributed by atoms with Crippen LogP contribution >= 0.6 is 0 Å². The average Bonchev–Trinajstić information content (AvgIpc) is 3.50. The van der Waals surface area contributed by atoms with Crippen LogP contribution in [0.4, 0.5) is 0 Å². The third-order valence-electron chi connectivity index (χ3n) is 8.49. The highest BCUT2D eigenvalue weighted by Gasteiger charge is 2.16. The summed E-state index contributed by atoms with van der Waals surface area (Å²) in [6, 6.07) is 52.3. The number of rotatable bonds is 4. The van der Waals surface area contributed by atoms with Crippen LogP contribution in [0.5, 0.6) is 0 Å². The van der Waals surface area contributed by atoms with Crippen LogP contribution in [0.25, 0.3) is 88.8 Å². The van der Waals surface area contributed by atoms with E-state index >= 15 is 0 Å². The van der Waals surface area contributed by atoms with E-state index in [0.717, 1.165) is 65.9 Å². The third-order valence-corrected chi connectivity index (χ3v) is 8.49. The summed E-state index contributed by atoms with van der Waals surface area (Å²) in [5, 5.41) is 6.69. The zero-order chi connectivity index (χ0) is 29.7. The predicted molar refractivity (Wildman–Crippen MR) is 184 cm³/mol. The quantitative estimate of drug-likeness (QED) is 0.209. The molecule has 9 aromatic rings. The summed E-state index contributed by atoms with van der Waals surface area (Å²) < 4.78 is 6.39. The summed E-state index contributed by atoms with van der Waals surface area (Å²) in [6.07, 6.45) is 0. The lowest BCUT2D eigenvalue weighted by molar-refractivity contribution is 0.672. The fourth-order valence-corrected chi connectivity index (χ4v) is 6.20. The Labute approximate surface area is 259 Å². The molecular weight excluding hydrogens is 550 g/mol. The summed E-state index contributed by atoms with van der Waals surface area (Å²) in [6.45, 7) is 0. The lowest BCUT2D eigenvalue weighted by Crippen LogP contribution is -2.00. The average molecular weight is 576 g/mol. The van der Waals surface area contributed by atoms with Gasteiger partial charge in [-0.25, -0.2) is 15.0 Å². The molecule has 210 valence electrons. The van der Waals surface area contributed by atoms with Gasteiger partial charge in [0.15, 0.2) is 17.5 Å². The fraction of sp³-hybridized carbons (Fsp3) is 0. The topological polar surface area (TPSA) is 51.8 Å². The van der Waals surface area contributed by atoms with Gasteiger partial charge in [0.25, 0.3) is 0 Å². The molecule has 2 heterocycles. The number of hydrogen-bond donors (Lipinski definition) is 0. The lowest BCUT2D eigenvalue weighted by atomic mass is 10.0. The van der Waals surface area contributed by atoms with Crippen molar-refractivity contribution in [2.24, 2.45) is 0 Å². The molecule has 7 aromatic carbocycles. The number of aromatic nitrogens is 3. The largest absolute Gasteiger partial charge is 0.455 e. The molecule has 0 saturated carbocycles. The Morgan fingerprint density at radius 2 is 0.933 bits per heavy atom. The van der Waals surface area contributed by atoms with Crippen LogP contribution in [0.1, 0.15) is 0 Å². The Morgan fingerprint density at radius 1 is 0.333 bits per heavy atom. The van der Waals surface area contributed by atoms with Gasteiger partial charge in [0.2, 0.25) is 0 Å². The first-order valence-corrected chi connectivity index (χ1v) is 15.0. The van der Waals surface area contributed by atoms with Gasteiger partial charge in [-0.15, -0.1) is 0 Å². The molecule has 0 spiro atoms. The maximum Gasteiger partial charge on any atom is 0.164 e. The van der Waals surface area contributed by atoms with E-state index in [0.29, 0.717) is 17.5 Å². The molecule has 2 aromatic heterocycles. The molecule has 4 heteroatoms. The second-order valence-electron chi connectivity index (χ2n) is 11.3. The molecule has 0 fully saturated rings. The van der Waals surface area contributed by atoms with Crippen molar-refractivity contribution in [2.75, 3.05) is 0 Å². The van der Waals surface area contributed by atoms with Crippen LogP contribution in [0.2, 0.25) is 0 Å². The molecule has 0 aliphatic heterocycles. The SMILES string of the molecule is c1ccc(-c2cccc(-c3nc(-c4ccc5ccccc5c4)nc(-c4ccc5oc6c7ccccc7ccc6c5c4)n3)c2)cc1. The van der Waals surface area contributed by atoms with Crippen LogP contribution in [0.15, 0.2) is 156 Å². The van der Waals surface area contributed by atoms with E-state index in [1.54, 1.807) is 0 Å². The van der Waals surface area contributed by atoms with Crippen molar-refractivity contribution in [2.45, 2.75) is 0 Å². The summed E-state index contributed by atoms with van der Waals surface area (Å²) in [5.74, 6) is 1.88. The van der Waals surface area contributed by atoms with Gasteiger partial charge in [-0.2, -0.15) is 0 Å². The van der Waals surface area contributed by atoms with Crippen molar-refractivity contribution < 1.29 is 4.42 Å². The van der Waals surface area contributed by atoms with Crippen LogP contribution in [0.3, 0.4) is 0 Å². The molecule has 0 amide bonds. The molecule has 0 saturated heterocycles. The van der Waals surface area contributed by atoms with Crippen molar-refractivity contribution in [1.82, 2.24) is 15.0 Å². The first-order chi connectivity index (χ1) is 22.3. The Bertz CT molecular complexity index is 2550. The van der Waals surface area contributed by atoms with Crippen LogP contribution in [-0.4, -0.2) is 15.0 Å². The van der Waals surface area contributed by atoms with Crippen LogP contribution in [0, 0.1) is 0 Å². The van der Waals surface area contributed by atoms with Gasteiger partial charge in [-0.05, 0) is 63.7 Å². The van der Waals surface area contributed by atoms with Crippen LogP contribution in [-0.2, 0) is 0 Å². The molecular formula is C41H25N3O. The Morgan fingerprint density at radius 3 is 1.76 bits per heavy atom. The zero-order valence-electron chi connectivity index (χ0n) is 24.2. The highest BCUT2D eigenvalue weighted by atomic mass is 16.3. The summed E-state index contributed by atoms with van der Waals surface area (Å²) in [4.78, 5) is 15.2. The van der Waals surface area contributed by atoms with E-state index in [9.17, 15) is 0 Å². The number of benzene rings is 7. The van der Waals surface area contributed by atoms with Gasteiger partial charge < -0.3 is 4.42 Å². The fourth-order valence-electron chi connectivity index (χ4n) is 6.20. The maximum atomic E-state index is 6.39. The second kappa shape index (κ2) is 10.2. The summed E-state index contributed by atoms with van der Waals surface area (Å²) in [7, 11) is 0. The standard InChI is InChI=1S/C41H25N3O/c1-2-9-26(10-3-1)30-14-8-15-31(23-30)39-42-40(32-18-17-27-11-4-5-13-29(27)24-32)44-41(43-39)33-20-22-37-36(25-33)35-21-19-28-12-6-7-16-34(28)38(35)45-37/h1-25H. The zero-order valence-corrected chi connectivity index (χ0v) is 24.2. The molecule has 45 heavy (non-hydrogen) atoms. The smallest absolute Gasteiger partial charge is 0.164 e. The molecule has 9 rings (SSSR count). The van der Waals surface area contributed by atoms with Gasteiger partial charge >= 0.3 is 0 Å². The molecule has 0 bridgehead atoms. The van der Waals surface area contributed by atoms with Crippen molar-refractivity contribution in [3.8, 4) is 45.3 Å². The summed E-state index contributed by atoms with van der Waals surface area (Å²) >= 11 is 0. The number of fused-ring (bicyclic) bond motifs is 6. The Hall–Kier alpha value is -6.13. The first kappa shape index (κ1) is 25.4. The summed E-state index contributed by atoms with van der Waals surface area (Å²) in [5.41, 5.74) is 6.77. The van der Waals surface area contributed by atoms with E-state index in [4.69, 9.17) is 19.4 Å². The van der Waals surface area contributed by atoms with Crippen molar-refractivity contribution in [3.63, 3.8) is 0 Å². The second-order valence-corrected chi connectivity index (χ2v) is 11.3. The monoisotopic (exact) mass is 575 g/mol. The number of hydrogen-bond acceptors (Lipinski definition) is 4. The predicted octanol–water partition coefficient (Wildman–Crippen LogP) is 10.7. The molecule has 0 radical (unpaired) electrons. The van der Waals surface area contributed by atoms with E-state index < -0.39 is 0 Å². The molecule has 0 aliphatic rings. The molecule has 0 atom stereocenters. The number of furan rings is 1. The van der Waals surface area contributed by atoms with Gasteiger partial charge in [-0.1, -0.05) is 115 Å². The first-order valence-electron chi connectivity index (χ1n) is 15.0. The van der Waals surface area contributed by atoms with E-state index in [1.165, 1.54) is 5.39 Å². The number of nitrogens with zero attached hydrogens (tertiary/aromatic N) is 3. The van der Waals surface area contributed by atoms with Gasteiger partial charge in [0.1, 0.15) is 11.2 Å². The molecule has 0 aliphatic carbocycles. The minimum Gasteiger partial charge on any atom is -0.455 e. The highest BCUT2D eigenvalue weighted by Crippen LogP contribution is 2.36. The van der Waals surface area contributed by atoms with Crippen molar-refractivity contribution in [1.29, 1.82) is 0 Å². The van der Waals surface area contributed by atoms with Crippen molar-refractivity contribution in [3.05, 3.63) is 152 Å². The minimum absolute atomic E-state index is 0.616. The molecule has 0 N–H and O–H groups in total. The normalized spacial score (nSPS) is 11.6. The molecule has 4 nitrogen and oxygen atoms in total. The maximum absolute atomic E-state index is 6.39. The van der Waals surface area contributed by atoms with Crippen molar-refractivity contribution >= 4 is 43.5 Å². The van der Waals surface area contributed by atoms with Crippen LogP contribution < -0.4 is 0 Å². The van der Waals surface area contributed by atoms with Gasteiger partial charge in [-0.3, -0.25) is 0 Å². The highest BCUT2D eigenvalue weighted by molar-refractivity contribution is 6.15. The Kier molecular flexibility index (Phi) is 5.78. The third kappa shape index (κ3) is 4.43.